The van der Waals surface area contributed by atoms with Crippen molar-refractivity contribution in [2.75, 3.05) is 0 Å². The van der Waals surface area contributed by atoms with Crippen LogP contribution in [0.1, 0.15) is 11.1 Å². The normalized spacial score (nSPS) is 8.09. The molecule has 3 heteroatoms. The van der Waals surface area contributed by atoms with Crippen LogP contribution in [-0.4, -0.2) is 0 Å². The lowest BCUT2D eigenvalue weighted by atomic mass is 10.1. The molecule has 0 spiro atoms. The van der Waals surface area contributed by atoms with Gasteiger partial charge in [0.05, 0.1) is 0 Å². The zero-order chi connectivity index (χ0) is 7.56. The zero-order valence-corrected chi connectivity index (χ0v) is 8.09. The number of halogens is 1. The molecule has 0 aliphatic rings. The summed E-state index contributed by atoms with van der Waals surface area (Å²) in [7, 11) is 0. The summed E-state index contributed by atoms with van der Waals surface area (Å²) in [6.07, 6.45) is 0. The number of rotatable bonds is 0. The highest BCUT2D eigenvalue weighted by atomic mass is 79.9. The molecule has 0 fully saturated rings. The van der Waals surface area contributed by atoms with Crippen molar-refractivity contribution in [3.63, 3.8) is 0 Å². The van der Waals surface area contributed by atoms with E-state index in [1.54, 1.807) is 6.07 Å². The van der Waals surface area contributed by atoms with Crippen LogP contribution in [-0.2, 0) is 0 Å². The molecule has 0 aliphatic heterocycles. The minimum absolute atomic E-state index is 0. The number of hydrogen-bond donors (Lipinski definition) is 0. The first-order valence-electron chi connectivity index (χ1n) is 3.17. The smallest absolute Gasteiger partial charge is 0.388 e. The van der Waals surface area contributed by atoms with Crippen LogP contribution in [0.5, 0.6) is 0 Å². The molecule has 0 amide bonds. The number of diazo groups is 1. The first-order valence-corrected chi connectivity index (χ1v) is 3.17. The highest BCUT2D eigenvalue weighted by Gasteiger charge is 2.08. The Morgan fingerprint density at radius 2 is 1.91 bits per heavy atom. The van der Waals surface area contributed by atoms with Gasteiger partial charge in [-0.15, -0.1) is 0 Å². The molecule has 1 rings (SSSR count). The van der Waals surface area contributed by atoms with Gasteiger partial charge in [0.25, 0.3) is 0 Å². The van der Waals surface area contributed by atoms with Crippen molar-refractivity contribution in [2.45, 2.75) is 13.8 Å². The van der Waals surface area contributed by atoms with Gasteiger partial charge in [-0.2, -0.15) is 0 Å². The summed E-state index contributed by atoms with van der Waals surface area (Å²) < 4.78 is 0. The van der Waals surface area contributed by atoms with Crippen LogP contribution in [0.25, 0.3) is 4.98 Å². The van der Waals surface area contributed by atoms with E-state index < -0.39 is 0 Å². The Hall–Kier alpha value is -0.880. The summed E-state index contributed by atoms with van der Waals surface area (Å²) in [6, 6.07) is 5.64. The molecular formula is C8H9BrN2. The lowest BCUT2D eigenvalue weighted by molar-refractivity contribution is -0.00000241. The third-order valence-electron chi connectivity index (χ3n) is 1.68. The Balaban J connectivity index is 0.000001000. The van der Waals surface area contributed by atoms with E-state index in [1.807, 2.05) is 26.0 Å². The second-order valence-electron chi connectivity index (χ2n) is 2.32. The molecule has 1 aromatic carbocycles. The average molecular weight is 213 g/mol. The number of benzene rings is 1. The van der Waals surface area contributed by atoms with E-state index in [0.29, 0.717) is 5.69 Å². The standard InChI is InChI=1S/C8H9N2.BrH/c1-6-4-3-5-8(10-9)7(6)2;/h3-5H,1-2H3;1H/q+1;/p-1. The van der Waals surface area contributed by atoms with Gasteiger partial charge in [-0.3, -0.25) is 0 Å². The first kappa shape index (κ1) is 10.1. The quantitative estimate of drug-likeness (QED) is 0.548. The van der Waals surface area contributed by atoms with E-state index in [0.717, 1.165) is 11.1 Å². The summed E-state index contributed by atoms with van der Waals surface area (Å²) in [5.74, 6) is 0. The van der Waals surface area contributed by atoms with Gasteiger partial charge in [0, 0.05) is 11.6 Å². The van der Waals surface area contributed by atoms with Gasteiger partial charge in [0.2, 0.25) is 5.39 Å². The maximum atomic E-state index is 8.47. The highest BCUT2D eigenvalue weighted by molar-refractivity contribution is 5.53. The Morgan fingerprint density at radius 3 is 2.36 bits per heavy atom. The van der Waals surface area contributed by atoms with Gasteiger partial charge in [-0.05, 0) is 19.4 Å². The predicted octanol–water partition coefficient (Wildman–Crippen LogP) is -0.208. The van der Waals surface area contributed by atoms with Crippen LogP contribution >= 0.6 is 0 Å². The Morgan fingerprint density at radius 1 is 1.27 bits per heavy atom. The Bertz CT molecular complexity index is 289. The van der Waals surface area contributed by atoms with Gasteiger partial charge in [0.1, 0.15) is 0 Å². The largest absolute Gasteiger partial charge is 1.00 e. The van der Waals surface area contributed by atoms with Crippen molar-refractivity contribution >= 4 is 5.69 Å². The second-order valence-corrected chi connectivity index (χ2v) is 2.32. The molecule has 0 aliphatic carbocycles. The lowest BCUT2D eigenvalue weighted by Gasteiger charge is -1.91. The summed E-state index contributed by atoms with van der Waals surface area (Å²) >= 11 is 0. The fraction of sp³-hybridized carbons (Fsp3) is 0.250. The van der Waals surface area contributed by atoms with E-state index in [1.165, 1.54) is 0 Å². The second kappa shape index (κ2) is 4.09. The fourth-order valence-electron chi connectivity index (χ4n) is 0.844. The molecule has 0 saturated heterocycles. The molecule has 0 heterocycles. The molecule has 58 valence electrons. The van der Waals surface area contributed by atoms with Gasteiger partial charge in [0.15, 0.2) is 4.98 Å². The van der Waals surface area contributed by atoms with E-state index in [9.17, 15) is 0 Å². The predicted molar refractivity (Wildman–Crippen MR) is 40.7 cm³/mol. The van der Waals surface area contributed by atoms with Crippen LogP contribution in [0.3, 0.4) is 0 Å². The van der Waals surface area contributed by atoms with Crippen LogP contribution < -0.4 is 17.0 Å². The van der Waals surface area contributed by atoms with Gasteiger partial charge >= 0.3 is 5.69 Å². The fourth-order valence-corrected chi connectivity index (χ4v) is 0.844. The summed E-state index contributed by atoms with van der Waals surface area (Å²) in [5.41, 5.74) is 2.83. The first-order chi connectivity index (χ1) is 4.75. The number of aryl methyl sites for hydroxylation is 1. The number of hydrogen-bond acceptors (Lipinski definition) is 1. The van der Waals surface area contributed by atoms with Gasteiger partial charge < -0.3 is 17.0 Å². The maximum Gasteiger partial charge on any atom is 0.388 e. The van der Waals surface area contributed by atoms with Crippen molar-refractivity contribution < 1.29 is 17.0 Å². The molecule has 0 saturated carbocycles. The zero-order valence-electron chi connectivity index (χ0n) is 6.50. The summed E-state index contributed by atoms with van der Waals surface area (Å²) in [4.78, 5) is 3.13. The van der Waals surface area contributed by atoms with E-state index in [2.05, 4.69) is 4.98 Å². The van der Waals surface area contributed by atoms with Crippen LogP contribution in [0.15, 0.2) is 18.2 Å². The minimum Gasteiger partial charge on any atom is -1.00 e. The third kappa shape index (κ3) is 2.02. The lowest BCUT2D eigenvalue weighted by Crippen LogP contribution is -3.00. The molecule has 0 bridgehead atoms. The summed E-state index contributed by atoms with van der Waals surface area (Å²) in [6.45, 7) is 3.92. The van der Waals surface area contributed by atoms with Crippen molar-refractivity contribution in [1.82, 2.24) is 0 Å². The van der Waals surface area contributed by atoms with Crippen molar-refractivity contribution in [3.8, 4) is 0 Å². The third-order valence-corrected chi connectivity index (χ3v) is 1.68. The van der Waals surface area contributed by atoms with Crippen molar-refractivity contribution in [3.05, 3.63) is 34.3 Å². The maximum absolute atomic E-state index is 8.47. The van der Waals surface area contributed by atoms with E-state index in [4.69, 9.17) is 5.39 Å². The van der Waals surface area contributed by atoms with Crippen LogP contribution in [0.2, 0.25) is 0 Å². The monoisotopic (exact) mass is 212 g/mol. The molecule has 0 atom stereocenters. The van der Waals surface area contributed by atoms with Crippen molar-refractivity contribution in [2.24, 2.45) is 0 Å². The minimum atomic E-state index is 0. The van der Waals surface area contributed by atoms with E-state index in [-0.39, 0.29) is 17.0 Å². The molecule has 1 aromatic rings. The summed E-state index contributed by atoms with van der Waals surface area (Å²) in [5, 5.41) is 8.47. The van der Waals surface area contributed by atoms with Gasteiger partial charge in [-0.1, -0.05) is 12.1 Å². The topological polar surface area (TPSA) is 28.1 Å². The van der Waals surface area contributed by atoms with E-state index >= 15 is 0 Å². The van der Waals surface area contributed by atoms with Crippen LogP contribution in [0, 0.1) is 19.2 Å². The molecule has 0 radical (unpaired) electrons. The Labute approximate surface area is 76.6 Å². The SMILES string of the molecule is Cc1cccc([N+]#N)c1C.[Br-]. The molecule has 0 N–H and O–H groups in total. The molecule has 11 heavy (non-hydrogen) atoms. The van der Waals surface area contributed by atoms with Crippen molar-refractivity contribution in [1.29, 1.82) is 5.39 Å². The highest BCUT2D eigenvalue weighted by Crippen LogP contribution is 2.20. The molecule has 2 nitrogen and oxygen atoms in total. The Kier molecular flexibility index (Phi) is 3.77. The molecular weight excluding hydrogens is 204 g/mol. The molecule has 0 unspecified atom stereocenters. The average Bonchev–Trinajstić information content (AvgIpc) is 1.95. The molecule has 0 aromatic heterocycles. The number of nitrogens with zero attached hydrogens (tertiary/aromatic N) is 2. The van der Waals surface area contributed by atoms with Gasteiger partial charge in [-0.25, -0.2) is 0 Å². The van der Waals surface area contributed by atoms with Crippen LogP contribution in [0.4, 0.5) is 5.69 Å².